The van der Waals surface area contributed by atoms with Gasteiger partial charge in [-0.3, -0.25) is 29.0 Å². The van der Waals surface area contributed by atoms with E-state index in [9.17, 15) is 19.2 Å². The number of likely N-dealkylation sites (tertiary alicyclic amines) is 1. The Kier molecular flexibility index (Phi) is 6.38. The van der Waals surface area contributed by atoms with Gasteiger partial charge in [0, 0.05) is 7.05 Å². The molecule has 4 amide bonds. The lowest BCUT2D eigenvalue weighted by Crippen LogP contribution is -2.53. The Labute approximate surface area is 262 Å². The lowest BCUT2D eigenvalue weighted by molar-refractivity contribution is -0.148. The summed E-state index contributed by atoms with van der Waals surface area (Å²) in [5.74, 6) is -3.32. The molecule has 2 saturated heterocycles. The van der Waals surface area contributed by atoms with E-state index in [1.54, 1.807) is 0 Å². The topological polar surface area (TPSA) is 74.8 Å². The van der Waals surface area contributed by atoms with E-state index in [-0.39, 0.29) is 35.5 Å². The normalized spacial score (nSPS) is 26.9. The highest BCUT2D eigenvalue weighted by atomic mass is 16.2. The lowest BCUT2D eigenvalue weighted by Gasteiger charge is -2.48. The van der Waals surface area contributed by atoms with Gasteiger partial charge >= 0.3 is 0 Å². The monoisotopic (exact) mass is 594 g/mol. The van der Waals surface area contributed by atoms with Crippen molar-refractivity contribution in [2.75, 3.05) is 11.9 Å². The molecule has 4 aromatic rings. The summed E-state index contributed by atoms with van der Waals surface area (Å²) < 4.78 is 0. The lowest BCUT2D eigenvalue weighted by atomic mass is 9.51. The van der Waals surface area contributed by atoms with E-state index in [1.807, 2.05) is 24.3 Å². The molecule has 6 nitrogen and oxygen atoms in total. The van der Waals surface area contributed by atoms with E-state index in [2.05, 4.69) is 79.7 Å². The van der Waals surface area contributed by atoms with Gasteiger partial charge < -0.3 is 0 Å². The van der Waals surface area contributed by atoms with Crippen molar-refractivity contribution in [3.63, 3.8) is 0 Å². The van der Waals surface area contributed by atoms with Crippen LogP contribution in [0.3, 0.4) is 0 Å². The third kappa shape index (κ3) is 4.30. The highest BCUT2D eigenvalue weighted by Gasteiger charge is 2.69. The zero-order valence-electron chi connectivity index (χ0n) is 25.4. The van der Waals surface area contributed by atoms with Crippen molar-refractivity contribution in [1.82, 2.24) is 4.90 Å². The Balaban J connectivity index is 0.968. The number of benzene rings is 4. The van der Waals surface area contributed by atoms with Crippen LogP contribution in [-0.4, -0.2) is 35.6 Å². The Morgan fingerprint density at radius 3 is 1.29 bits per heavy atom. The molecule has 9 rings (SSSR count). The molecule has 0 radical (unpaired) electrons. The zero-order valence-corrected chi connectivity index (χ0v) is 25.4. The fourth-order valence-electron chi connectivity index (χ4n) is 8.59. The van der Waals surface area contributed by atoms with E-state index in [0.717, 1.165) is 17.5 Å². The molecule has 2 heterocycles. The molecule has 0 spiro atoms. The number of hydrogen-bond donors (Lipinski definition) is 0. The predicted molar refractivity (Wildman–Crippen MR) is 172 cm³/mol. The van der Waals surface area contributed by atoms with Crippen molar-refractivity contribution in [2.24, 2.45) is 35.5 Å². The van der Waals surface area contributed by atoms with Crippen LogP contribution in [-0.2, 0) is 25.6 Å². The van der Waals surface area contributed by atoms with E-state index < -0.39 is 23.7 Å². The smallest absolute Gasteiger partial charge is 0.237 e. The van der Waals surface area contributed by atoms with E-state index in [1.165, 1.54) is 44.7 Å². The quantitative estimate of drug-likeness (QED) is 0.254. The second-order valence-electron chi connectivity index (χ2n) is 13.2. The number of nitrogens with zero attached hydrogens (tertiary/aromatic N) is 2. The van der Waals surface area contributed by atoms with Gasteiger partial charge in [0.25, 0.3) is 0 Å². The molecule has 4 aromatic carbocycles. The van der Waals surface area contributed by atoms with Crippen molar-refractivity contribution < 1.29 is 19.2 Å². The fraction of sp³-hybridized carbons (Fsp3) is 0.282. The Morgan fingerprint density at radius 1 is 0.511 bits per heavy atom. The number of imide groups is 2. The second kappa shape index (κ2) is 10.4. The zero-order chi connectivity index (χ0) is 31.0. The van der Waals surface area contributed by atoms with Crippen molar-refractivity contribution in [2.45, 2.75) is 26.2 Å². The maximum Gasteiger partial charge on any atom is 0.237 e. The summed E-state index contributed by atoms with van der Waals surface area (Å²) >= 11 is 0. The maximum absolute atomic E-state index is 13.7. The van der Waals surface area contributed by atoms with Crippen LogP contribution in [0.15, 0.2) is 97.1 Å². The van der Waals surface area contributed by atoms with Gasteiger partial charge in [-0.2, -0.15) is 0 Å². The fourth-order valence-corrected chi connectivity index (χ4v) is 8.59. The Hall–Kier alpha value is -4.84. The summed E-state index contributed by atoms with van der Waals surface area (Å²) in [6.45, 7) is 2.10. The SMILES string of the molecule is Cc1ccc(-c2ccc(Cc3ccc(-c4ccc(N5C(=O)C6C7CCC(C8C(=O)N(C)C(=O)C78)C6C5=O)cc4)cc3)cc2)cc1. The molecule has 3 aliphatic carbocycles. The number of aryl methyl sites for hydroxylation is 1. The largest absolute Gasteiger partial charge is 0.285 e. The minimum absolute atomic E-state index is 0.191. The Morgan fingerprint density at radius 2 is 0.867 bits per heavy atom. The van der Waals surface area contributed by atoms with Crippen LogP contribution in [0.1, 0.15) is 29.5 Å². The van der Waals surface area contributed by atoms with E-state index in [0.29, 0.717) is 18.5 Å². The molecule has 6 heteroatoms. The van der Waals surface area contributed by atoms with Crippen LogP contribution < -0.4 is 4.90 Å². The summed E-state index contributed by atoms with van der Waals surface area (Å²) in [4.78, 5) is 55.8. The van der Waals surface area contributed by atoms with Gasteiger partial charge in [0.2, 0.25) is 23.6 Å². The number of carbonyl (C=O) groups is 4. The summed E-state index contributed by atoms with van der Waals surface area (Å²) in [6.07, 6.45) is 2.26. The van der Waals surface area contributed by atoms with Crippen molar-refractivity contribution in [3.8, 4) is 22.3 Å². The van der Waals surface area contributed by atoms with Gasteiger partial charge in [-0.1, -0.05) is 90.5 Å². The third-order valence-electron chi connectivity index (χ3n) is 10.9. The first-order valence-electron chi connectivity index (χ1n) is 15.8. The summed E-state index contributed by atoms with van der Waals surface area (Å²) in [5, 5.41) is 0. The van der Waals surface area contributed by atoms with Crippen LogP contribution >= 0.6 is 0 Å². The van der Waals surface area contributed by atoms with Crippen molar-refractivity contribution >= 4 is 29.3 Å². The second-order valence-corrected chi connectivity index (χ2v) is 13.2. The molecule has 6 atom stereocenters. The molecule has 6 unspecified atom stereocenters. The van der Waals surface area contributed by atoms with Gasteiger partial charge in [0.15, 0.2) is 0 Å². The maximum atomic E-state index is 13.7. The van der Waals surface area contributed by atoms with Crippen molar-refractivity contribution in [3.05, 3.63) is 114 Å². The first kappa shape index (κ1) is 27.7. The minimum atomic E-state index is -0.521. The first-order chi connectivity index (χ1) is 21.8. The molecule has 2 bridgehead atoms. The number of carbonyl (C=O) groups excluding carboxylic acids is 4. The van der Waals surface area contributed by atoms with Crippen LogP contribution in [0, 0.1) is 42.4 Å². The van der Waals surface area contributed by atoms with Gasteiger partial charge in [0.1, 0.15) is 0 Å². The number of hydrogen-bond acceptors (Lipinski definition) is 4. The van der Waals surface area contributed by atoms with Gasteiger partial charge in [-0.25, -0.2) is 0 Å². The van der Waals surface area contributed by atoms with Crippen LogP contribution in [0.5, 0.6) is 0 Å². The molecular weight excluding hydrogens is 560 g/mol. The number of fused-ring (bicyclic) bond motifs is 1. The van der Waals surface area contributed by atoms with Crippen molar-refractivity contribution in [1.29, 1.82) is 0 Å². The summed E-state index contributed by atoms with van der Waals surface area (Å²) in [5.41, 5.74) is 8.76. The Bertz CT molecular complexity index is 1800. The van der Waals surface area contributed by atoms with Crippen LogP contribution in [0.4, 0.5) is 5.69 Å². The highest BCUT2D eigenvalue weighted by molar-refractivity contribution is 6.23. The van der Waals surface area contributed by atoms with Crippen LogP contribution in [0.25, 0.3) is 22.3 Å². The average Bonchev–Trinajstić information content (AvgIpc) is 3.48. The molecule has 3 saturated carbocycles. The van der Waals surface area contributed by atoms with E-state index >= 15 is 0 Å². The van der Waals surface area contributed by atoms with Crippen LogP contribution in [0.2, 0.25) is 0 Å². The summed E-state index contributed by atoms with van der Waals surface area (Å²) in [6, 6.07) is 33.3. The number of rotatable bonds is 5. The molecule has 5 aliphatic rings. The molecule has 2 aliphatic heterocycles. The summed E-state index contributed by atoms with van der Waals surface area (Å²) in [7, 11) is 1.52. The predicted octanol–water partition coefficient (Wildman–Crippen LogP) is 6.30. The minimum Gasteiger partial charge on any atom is -0.285 e. The van der Waals surface area contributed by atoms with Gasteiger partial charge in [-0.15, -0.1) is 0 Å². The molecule has 0 N–H and O–H groups in total. The number of amides is 4. The first-order valence-corrected chi connectivity index (χ1v) is 15.8. The average molecular weight is 595 g/mol. The molecular formula is C39H34N2O4. The molecule has 5 fully saturated rings. The highest BCUT2D eigenvalue weighted by Crippen LogP contribution is 2.60. The van der Waals surface area contributed by atoms with Gasteiger partial charge in [0.05, 0.1) is 29.4 Å². The van der Waals surface area contributed by atoms with Gasteiger partial charge in [-0.05, 0) is 83.5 Å². The number of anilines is 1. The molecule has 224 valence electrons. The van der Waals surface area contributed by atoms with E-state index in [4.69, 9.17) is 0 Å². The molecule has 0 aromatic heterocycles. The standard InChI is InChI=1S/C39H34N2O4/c1-22-3-9-25(10-4-22)26-11-5-23(6-12-26)21-24-7-13-27(14-8-24)28-15-17-29(18-16-28)41-38(44)34-30-19-20-31(35(34)39(41)45)33-32(30)36(42)40(2)37(33)43/h3-18,30-35H,19-21H2,1-2H3. The molecule has 45 heavy (non-hydrogen) atoms. The third-order valence-corrected chi connectivity index (χ3v) is 10.9.